The van der Waals surface area contributed by atoms with Crippen molar-refractivity contribution in [2.24, 2.45) is 0 Å². The minimum absolute atomic E-state index is 0.0396. The zero-order valence-corrected chi connectivity index (χ0v) is 21.3. The molecule has 0 aliphatic rings. The Kier molecular flexibility index (Phi) is 9.10. The average molecular weight is 600 g/mol. The van der Waals surface area contributed by atoms with Gasteiger partial charge in [-0.1, -0.05) is 11.6 Å². The van der Waals surface area contributed by atoms with E-state index in [9.17, 15) is 41.7 Å². The van der Waals surface area contributed by atoms with E-state index >= 15 is 0 Å². The van der Waals surface area contributed by atoms with Gasteiger partial charge in [-0.2, -0.15) is 10.5 Å². The fourth-order valence-electron chi connectivity index (χ4n) is 3.10. The van der Waals surface area contributed by atoms with Crippen molar-refractivity contribution in [3.8, 4) is 40.9 Å². The lowest BCUT2D eigenvalue weighted by Gasteiger charge is -2.24. The SMILES string of the molecule is CC(C#N)(COc1cc(C#N)ccc1Oc1ccc(OC(F)(F)F)cc1Cl)NC(=O)c1ccc(OC(F)(F)F)cc1. The smallest absolute Gasteiger partial charge is 0.486 e. The summed E-state index contributed by atoms with van der Waals surface area (Å²) in [5, 5.41) is 21.1. The van der Waals surface area contributed by atoms with Crippen LogP contribution in [0.5, 0.6) is 28.7 Å². The second kappa shape index (κ2) is 12.1. The number of amides is 1. The van der Waals surface area contributed by atoms with E-state index in [-0.39, 0.29) is 33.4 Å². The lowest BCUT2D eigenvalue weighted by molar-refractivity contribution is -0.275. The summed E-state index contributed by atoms with van der Waals surface area (Å²) in [6, 6.07) is 14.6. The Morgan fingerprint density at radius 2 is 1.44 bits per heavy atom. The summed E-state index contributed by atoms with van der Waals surface area (Å²) in [5.41, 5.74) is -1.65. The van der Waals surface area contributed by atoms with E-state index in [1.807, 2.05) is 12.1 Å². The first-order valence-electron chi connectivity index (χ1n) is 11.1. The fourth-order valence-corrected chi connectivity index (χ4v) is 3.31. The van der Waals surface area contributed by atoms with Crippen molar-refractivity contribution < 1.29 is 50.1 Å². The highest BCUT2D eigenvalue weighted by atomic mass is 35.5. The molecular weight excluding hydrogens is 584 g/mol. The highest BCUT2D eigenvalue weighted by Crippen LogP contribution is 2.38. The topological polar surface area (TPSA) is 114 Å². The molecule has 3 rings (SSSR count). The number of hydrogen-bond acceptors (Lipinski definition) is 7. The van der Waals surface area contributed by atoms with Gasteiger partial charge in [-0.05, 0) is 55.5 Å². The maximum atomic E-state index is 12.6. The van der Waals surface area contributed by atoms with Crippen LogP contribution in [0.4, 0.5) is 26.3 Å². The predicted molar refractivity (Wildman–Crippen MR) is 129 cm³/mol. The molecular formula is C26H16ClF6N3O5. The fraction of sp³-hybridized carbons (Fsp3) is 0.192. The van der Waals surface area contributed by atoms with Crippen molar-refractivity contribution in [2.45, 2.75) is 25.2 Å². The van der Waals surface area contributed by atoms with Gasteiger partial charge in [0.15, 0.2) is 17.0 Å². The Balaban J connectivity index is 1.76. The minimum atomic E-state index is -4.94. The molecule has 214 valence electrons. The van der Waals surface area contributed by atoms with Crippen LogP contribution in [0.2, 0.25) is 5.02 Å². The van der Waals surface area contributed by atoms with Gasteiger partial charge in [0.25, 0.3) is 5.91 Å². The number of benzene rings is 3. The van der Waals surface area contributed by atoms with E-state index in [0.717, 1.165) is 42.5 Å². The average Bonchev–Trinajstić information content (AvgIpc) is 2.88. The number of carbonyl (C=O) groups excluding carboxylic acids is 1. The number of alkyl halides is 6. The maximum absolute atomic E-state index is 12.6. The number of carbonyl (C=O) groups is 1. The molecule has 0 aliphatic carbocycles. The number of rotatable bonds is 9. The molecule has 0 fully saturated rings. The first kappa shape index (κ1) is 30.7. The Labute approximate surface area is 233 Å². The van der Waals surface area contributed by atoms with E-state index in [0.29, 0.717) is 0 Å². The molecule has 0 saturated carbocycles. The van der Waals surface area contributed by atoms with Crippen LogP contribution in [0, 0.1) is 22.7 Å². The quantitative estimate of drug-likeness (QED) is 0.266. The van der Waals surface area contributed by atoms with Gasteiger partial charge in [-0.25, -0.2) is 0 Å². The van der Waals surface area contributed by atoms with Crippen molar-refractivity contribution in [3.05, 3.63) is 76.8 Å². The van der Waals surface area contributed by atoms with Gasteiger partial charge in [0, 0.05) is 17.7 Å². The van der Waals surface area contributed by atoms with Crippen molar-refractivity contribution in [1.82, 2.24) is 5.32 Å². The van der Waals surface area contributed by atoms with Crippen LogP contribution in [-0.2, 0) is 0 Å². The van der Waals surface area contributed by atoms with E-state index in [4.69, 9.17) is 21.1 Å². The number of halogens is 7. The van der Waals surface area contributed by atoms with Gasteiger partial charge >= 0.3 is 12.7 Å². The van der Waals surface area contributed by atoms with Crippen molar-refractivity contribution in [1.29, 1.82) is 10.5 Å². The first-order valence-corrected chi connectivity index (χ1v) is 11.5. The normalized spacial score (nSPS) is 12.7. The summed E-state index contributed by atoms with van der Waals surface area (Å²) in [4.78, 5) is 12.6. The van der Waals surface area contributed by atoms with Crippen LogP contribution in [0.25, 0.3) is 0 Å². The summed E-state index contributed by atoms with van der Waals surface area (Å²) in [6.45, 7) is 0.804. The molecule has 41 heavy (non-hydrogen) atoms. The van der Waals surface area contributed by atoms with Gasteiger partial charge in [0.2, 0.25) is 0 Å². The number of ether oxygens (including phenoxy) is 4. The highest BCUT2D eigenvalue weighted by molar-refractivity contribution is 6.32. The molecule has 1 atom stereocenters. The molecule has 1 N–H and O–H groups in total. The number of nitrogens with zero attached hydrogens (tertiary/aromatic N) is 2. The van der Waals surface area contributed by atoms with Gasteiger partial charge in [0.1, 0.15) is 23.9 Å². The minimum Gasteiger partial charge on any atom is -0.486 e. The predicted octanol–water partition coefficient (Wildman–Crippen LogP) is 6.89. The molecule has 0 aromatic heterocycles. The zero-order valence-electron chi connectivity index (χ0n) is 20.6. The summed E-state index contributed by atoms with van der Waals surface area (Å²) < 4.78 is 93.4. The zero-order chi connectivity index (χ0) is 30.4. The number of nitriles is 2. The van der Waals surface area contributed by atoms with Crippen LogP contribution in [0.1, 0.15) is 22.8 Å². The number of nitrogens with one attached hydrogen (secondary N) is 1. The Morgan fingerprint density at radius 1 is 0.854 bits per heavy atom. The van der Waals surface area contributed by atoms with Gasteiger partial charge in [-0.3, -0.25) is 4.79 Å². The second-order valence-electron chi connectivity index (χ2n) is 8.27. The molecule has 0 bridgehead atoms. The summed E-state index contributed by atoms with van der Waals surface area (Å²) in [7, 11) is 0. The van der Waals surface area contributed by atoms with Crippen LogP contribution in [0.15, 0.2) is 60.7 Å². The molecule has 8 nitrogen and oxygen atoms in total. The Hall–Kier alpha value is -4.82. The third-order valence-electron chi connectivity index (χ3n) is 4.93. The molecule has 1 unspecified atom stereocenters. The molecule has 15 heteroatoms. The van der Waals surface area contributed by atoms with E-state index in [2.05, 4.69) is 14.8 Å². The van der Waals surface area contributed by atoms with Gasteiger partial charge < -0.3 is 24.3 Å². The van der Waals surface area contributed by atoms with Crippen LogP contribution >= 0.6 is 11.6 Å². The van der Waals surface area contributed by atoms with E-state index in [1.165, 1.54) is 25.1 Å². The standard InChI is InChI=1S/C26H16ClF6N3O5/c1-24(13-35,36-23(37)16-3-5-17(6-4-16)40-25(28,29)30)14-38-22-10-15(12-34)2-8-21(22)39-20-9-7-18(11-19(20)27)41-26(31,32)33/h2-11H,14H2,1H3,(H,36,37). The molecule has 0 heterocycles. The van der Waals surface area contributed by atoms with E-state index < -0.39 is 42.3 Å². The van der Waals surface area contributed by atoms with Gasteiger partial charge in [-0.15, -0.1) is 26.3 Å². The lowest BCUT2D eigenvalue weighted by Crippen LogP contribution is -2.49. The van der Waals surface area contributed by atoms with Crippen LogP contribution in [0.3, 0.4) is 0 Å². The second-order valence-corrected chi connectivity index (χ2v) is 8.68. The van der Waals surface area contributed by atoms with Crippen LogP contribution < -0.4 is 24.3 Å². The molecule has 0 saturated heterocycles. The highest BCUT2D eigenvalue weighted by Gasteiger charge is 2.32. The van der Waals surface area contributed by atoms with Crippen molar-refractivity contribution in [2.75, 3.05) is 6.61 Å². The third-order valence-corrected chi connectivity index (χ3v) is 5.23. The molecule has 3 aromatic carbocycles. The monoisotopic (exact) mass is 599 g/mol. The molecule has 0 radical (unpaired) electrons. The Bertz CT molecular complexity index is 1500. The lowest BCUT2D eigenvalue weighted by atomic mass is 10.0. The molecule has 0 aliphatic heterocycles. The third kappa shape index (κ3) is 9.12. The summed E-state index contributed by atoms with van der Waals surface area (Å²) in [5.74, 6) is -2.17. The summed E-state index contributed by atoms with van der Waals surface area (Å²) in [6.07, 6.45) is -9.85. The summed E-state index contributed by atoms with van der Waals surface area (Å²) >= 11 is 6.03. The van der Waals surface area contributed by atoms with Crippen molar-refractivity contribution >= 4 is 17.5 Å². The molecule has 1 amide bonds. The maximum Gasteiger partial charge on any atom is 0.573 e. The van der Waals surface area contributed by atoms with Gasteiger partial charge in [0.05, 0.1) is 22.7 Å². The van der Waals surface area contributed by atoms with Crippen LogP contribution in [-0.4, -0.2) is 30.8 Å². The van der Waals surface area contributed by atoms with E-state index in [1.54, 1.807) is 0 Å². The Morgan fingerprint density at radius 3 is 2.00 bits per heavy atom. The molecule has 0 spiro atoms. The number of hydrogen-bond donors (Lipinski definition) is 1. The first-order chi connectivity index (χ1) is 19.1. The largest absolute Gasteiger partial charge is 0.573 e. The van der Waals surface area contributed by atoms with Crippen molar-refractivity contribution in [3.63, 3.8) is 0 Å². The molecule has 3 aromatic rings.